The van der Waals surface area contributed by atoms with E-state index in [1.807, 2.05) is 14.0 Å². The molecule has 2 aliphatic rings. The zero-order chi connectivity index (χ0) is 13.3. The Hall–Kier alpha value is -0.900. The molecule has 4 nitrogen and oxygen atoms in total. The molecular weight excluding hydrogens is 230 g/mol. The van der Waals surface area contributed by atoms with Crippen LogP contribution >= 0.6 is 0 Å². The van der Waals surface area contributed by atoms with Crippen LogP contribution in [0, 0.1) is 17.3 Å². The van der Waals surface area contributed by atoms with Crippen molar-refractivity contribution >= 4 is 11.8 Å². The van der Waals surface area contributed by atoms with E-state index in [0.717, 1.165) is 6.42 Å². The fourth-order valence-corrected chi connectivity index (χ4v) is 3.12. The van der Waals surface area contributed by atoms with Gasteiger partial charge in [0.25, 0.3) is 0 Å². The van der Waals surface area contributed by atoms with Crippen LogP contribution in [-0.4, -0.2) is 32.0 Å². The van der Waals surface area contributed by atoms with Gasteiger partial charge in [-0.2, -0.15) is 0 Å². The number of esters is 1. The Morgan fingerprint density at radius 2 is 2.06 bits per heavy atom. The number of ether oxygens (including phenoxy) is 1. The molecule has 0 aliphatic heterocycles. The van der Waals surface area contributed by atoms with Gasteiger partial charge in [0.2, 0.25) is 0 Å². The highest BCUT2D eigenvalue weighted by atomic mass is 16.5. The van der Waals surface area contributed by atoms with Crippen LogP contribution in [-0.2, 0) is 14.3 Å². The summed E-state index contributed by atoms with van der Waals surface area (Å²) in [5, 5.41) is 3.21. The van der Waals surface area contributed by atoms with Gasteiger partial charge in [-0.15, -0.1) is 0 Å². The van der Waals surface area contributed by atoms with Gasteiger partial charge in [0.1, 0.15) is 5.41 Å². The molecule has 0 spiro atoms. The molecule has 2 saturated carbocycles. The highest BCUT2D eigenvalue weighted by Gasteiger charge is 2.57. The molecule has 3 unspecified atom stereocenters. The number of Topliss-reactive ketones (excluding diaryl/α,β-unsaturated/α-hetero) is 1. The number of carbonyl (C=O) groups is 2. The number of nitrogens with one attached hydrogen (secondary N) is 1. The summed E-state index contributed by atoms with van der Waals surface area (Å²) in [7, 11) is 3.27. The number of hydrogen-bond donors (Lipinski definition) is 1. The molecule has 2 aliphatic carbocycles. The van der Waals surface area contributed by atoms with E-state index in [4.69, 9.17) is 4.74 Å². The quantitative estimate of drug-likeness (QED) is 0.576. The molecule has 0 heterocycles. The van der Waals surface area contributed by atoms with Crippen LogP contribution in [0.1, 0.15) is 39.0 Å². The molecule has 0 amide bonds. The minimum Gasteiger partial charge on any atom is -0.468 e. The van der Waals surface area contributed by atoms with Gasteiger partial charge in [-0.05, 0) is 44.6 Å². The first-order chi connectivity index (χ1) is 8.56. The molecular formula is C14H23NO3. The van der Waals surface area contributed by atoms with Crippen molar-refractivity contribution in [3.8, 4) is 0 Å². The fraction of sp³-hybridized carbons (Fsp3) is 0.857. The molecule has 18 heavy (non-hydrogen) atoms. The summed E-state index contributed by atoms with van der Waals surface area (Å²) in [5.41, 5.74) is -0.848. The lowest BCUT2D eigenvalue weighted by Crippen LogP contribution is -2.53. The van der Waals surface area contributed by atoms with E-state index in [1.165, 1.54) is 20.0 Å². The van der Waals surface area contributed by atoms with E-state index in [0.29, 0.717) is 18.8 Å². The normalized spacial score (nSPS) is 32.5. The van der Waals surface area contributed by atoms with Crippen molar-refractivity contribution in [1.29, 1.82) is 0 Å². The highest BCUT2D eigenvalue weighted by Crippen LogP contribution is 2.49. The molecule has 102 valence electrons. The summed E-state index contributed by atoms with van der Waals surface area (Å²) in [4.78, 5) is 24.5. The van der Waals surface area contributed by atoms with Gasteiger partial charge in [-0.1, -0.05) is 6.92 Å². The summed E-state index contributed by atoms with van der Waals surface area (Å²) < 4.78 is 4.86. The van der Waals surface area contributed by atoms with E-state index >= 15 is 0 Å². The first-order valence-electron chi connectivity index (χ1n) is 6.85. The van der Waals surface area contributed by atoms with Crippen LogP contribution in [0.25, 0.3) is 0 Å². The van der Waals surface area contributed by atoms with Crippen molar-refractivity contribution in [2.45, 2.75) is 45.1 Å². The van der Waals surface area contributed by atoms with Gasteiger partial charge in [0.15, 0.2) is 5.78 Å². The molecule has 0 aromatic rings. The maximum absolute atomic E-state index is 12.5. The third-order valence-electron chi connectivity index (χ3n) is 4.83. The molecule has 0 saturated heterocycles. The minimum absolute atomic E-state index is 0.0688. The van der Waals surface area contributed by atoms with Crippen LogP contribution in [0.5, 0.6) is 0 Å². The van der Waals surface area contributed by atoms with E-state index < -0.39 is 5.41 Å². The Kier molecular flexibility index (Phi) is 3.76. The summed E-state index contributed by atoms with van der Waals surface area (Å²) in [6, 6.07) is 0.229. The molecule has 0 bridgehead atoms. The molecule has 1 N–H and O–H groups in total. The maximum Gasteiger partial charge on any atom is 0.319 e. The Balaban J connectivity index is 2.07. The van der Waals surface area contributed by atoms with Gasteiger partial charge in [-0.3, -0.25) is 9.59 Å². The molecule has 0 radical (unpaired) electrons. The van der Waals surface area contributed by atoms with Gasteiger partial charge < -0.3 is 10.1 Å². The van der Waals surface area contributed by atoms with E-state index in [-0.39, 0.29) is 23.7 Å². The van der Waals surface area contributed by atoms with Gasteiger partial charge in [0, 0.05) is 12.5 Å². The standard InChI is InChI=1S/C14H23NO3/c1-9-6-7-14(9,13(17)18-3)12(16)8-11(15-2)10-4-5-10/h9-11,15H,4-8H2,1-3H3. The van der Waals surface area contributed by atoms with Crippen LogP contribution in [0.4, 0.5) is 0 Å². The predicted molar refractivity (Wildman–Crippen MR) is 68.0 cm³/mol. The fourth-order valence-electron chi connectivity index (χ4n) is 3.12. The van der Waals surface area contributed by atoms with Gasteiger partial charge in [-0.25, -0.2) is 0 Å². The Morgan fingerprint density at radius 3 is 2.39 bits per heavy atom. The third kappa shape index (κ3) is 2.07. The largest absolute Gasteiger partial charge is 0.468 e. The lowest BCUT2D eigenvalue weighted by Gasteiger charge is -2.44. The van der Waals surface area contributed by atoms with Crippen LogP contribution in [0.3, 0.4) is 0 Å². The SMILES string of the molecule is CNC(CC(=O)C1(C(=O)OC)CCC1C)C1CC1. The Bertz CT molecular complexity index is 351. The summed E-state index contributed by atoms with van der Waals surface area (Å²) in [6.07, 6.45) is 4.44. The molecule has 4 heteroatoms. The average Bonchev–Trinajstić information content (AvgIpc) is 3.18. The molecule has 2 rings (SSSR count). The van der Waals surface area contributed by atoms with Gasteiger partial charge >= 0.3 is 5.97 Å². The van der Waals surface area contributed by atoms with Crippen LogP contribution < -0.4 is 5.32 Å². The zero-order valence-electron chi connectivity index (χ0n) is 11.5. The Labute approximate surface area is 108 Å². The smallest absolute Gasteiger partial charge is 0.319 e. The first-order valence-corrected chi connectivity index (χ1v) is 6.85. The number of hydrogen-bond acceptors (Lipinski definition) is 4. The lowest BCUT2D eigenvalue weighted by atomic mass is 9.57. The van der Waals surface area contributed by atoms with Crippen molar-refractivity contribution in [2.24, 2.45) is 17.3 Å². The van der Waals surface area contributed by atoms with E-state index in [2.05, 4.69) is 5.32 Å². The van der Waals surface area contributed by atoms with Crippen molar-refractivity contribution in [1.82, 2.24) is 5.32 Å². The lowest BCUT2D eigenvalue weighted by molar-refractivity contribution is -0.170. The number of ketones is 1. The van der Waals surface area contributed by atoms with Crippen LogP contribution in [0.2, 0.25) is 0 Å². The predicted octanol–water partition coefficient (Wildman–Crippen LogP) is 1.53. The summed E-state index contributed by atoms with van der Waals surface area (Å²) >= 11 is 0. The molecule has 2 fully saturated rings. The minimum atomic E-state index is -0.848. The molecule has 3 atom stereocenters. The number of carbonyl (C=O) groups excluding carboxylic acids is 2. The number of methoxy groups -OCH3 is 1. The van der Waals surface area contributed by atoms with Crippen LogP contribution in [0.15, 0.2) is 0 Å². The summed E-state index contributed by atoms with van der Waals surface area (Å²) in [6.45, 7) is 1.98. The number of rotatable bonds is 6. The van der Waals surface area contributed by atoms with Crippen molar-refractivity contribution in [3.05, 3.63) is 0 Å². The summed E-state index contributed by atoms with van der Waals surface area (Å²) in [5.74, 6) is 0.467. The molecule has 0 aromatic carbocycles. The second-order valence-corrected chi connectivity index (χ2v) is 5.76. The first kappa shape index (κ1) is 13.5. The monoisotopic (exact) mass is 253 g/mol. The zero-order valence-corrected chi connectivity index (χ0v) is 11.5. The highest BCUT2D eigenvalue weighted by molar-refractivity contribution is 6.05. The van der Waals surface area contributed by atoms with Crippen molar-refractivity contribution in [2.75, 3.05) is 14.2 Å². The maximum atomic E-state index is 12.5. The average molecular weight is 253 g/mol. The third-order valence-corrected chi connectivity index (χ3v) is 4.83. The second-order valence-electron chi connectivity index (χ2n) is 5.76. The van der Waals surface area contributed by atoms with Gasteiger partial charge in [0.05, 0.1) is 7.11 Å². The van der Waals surface area contributed by atoms with E-state index in [1.54, 1.807) is 0 Å². The Morgan fingerprint density at radius 1 is 1.39 bits per heavy atom. The topological polar surface area (TPSA) is 55.4 Å². The van der Waals surface area contributed by atoms with Crippen molar-refractivity contribution < 1.29 is 14.3 Å². The second kappa shape index (κ2) is 5.00. The molecule has 0 aromatic heterocycles. The van der Waals surface area contributed by atoms with Crippen molar-refractivity contribution in [3.63, 3.8) is 0 Å². The van der Waals surface area contributed by atoms with E-state index in [9.17, 15) is 9.59 Å².